The van der Waals surface area contributed by atoms with Crippen molar-refractivity contribution in [2.24, 2.45) is 0 Å². The van der Waals surface area contributed by atoms with Crippen molar-refractivity contribution in [3.63, 3.8) is 0 Å². The molecule has 2 unspecified atom stereocenters. The lowest BCUT2D eigenvalue weighted by molar-refractivity contribution is 0.528. The quantitative estimate of drug-likeness (QED) is 0.746. The minimum Gasteiger partial charge on any atom is -0.312 e. The average molecular weight is 283 g/mol. The first kappa shape index (κ1) is 16.2. The second kappa shape index (κ2) is 7.65. The van der Waals surface area contributed by atoms with Crippen molar-refractivity contribution < 1.29 is 8.42 Å². The lowest BCUT2D eigenvalue weighted by atomic mass is 10.0. The Balaban J connectivity index is 2.81. The standard InChI is InChI=1S/C15H25NO2S/c1-4-5-9-12-19(17,18)13(2)15(16-3)14-10-7-6-8-11-14/h6-8,10-11,13,15-16H,4-5,9,12H2,1-3H3. The summed E-state index contributed by atoms with van der Waals surface area (Å²) in [5.74, 6) is 0.285. The number of benzene rings is 1. The normalized spacial score (nSPS) is 15.1. The van der Waals surface area contributed by atoms with Crippen molar-refractivity contribution in [2.45, 2.75) is 44.4 Å². The Kier molecular flexibility index (Phi) is 6.52. The van der Waals surface area contributed by atoms with Crippen LogP contribution >= 0.6 is 0 Å². The number of hydrogen-bond acceptors (Lipinski definition) is 3. The molecule has 0 saturated heterocycles. The average Bonchev–Trinajstić information content (AvgIpc) is 2.41. The van der Waals surface area contributed by atoms with Gasteiger partial charge < -0.3 is 5.32 Å². The van der Waals surface area contributed by atoms with Crippen LogP contribution in [0.25, 0.3) is 0 Å². The molecule has 0 aliphatic rings. The fraction of sp³-hybridized carbons (Fsp3) is 0.600. The van der Waals surface area contributed by atoms with Gasteiger partial charge in [0.1, 0.15) is 0 Å². The molecule has 0 aliphatic carbocycles. The minimum absolute atomic E-state index is 0.146. The maximum atomic E-state index is 12.3. The Hall–Kier alpha value is -0.870. The van der Waals surface area contributed by atoms with E-state index in [4.69, 9.17) is 0 Å². The highest BCUT2D eigenvalue weighted by atomic mass is 32.2. The van der Waals surface area contributed by atoms with E-state index in [0.29, 0.717) is 0 Å². The van der Waals surface area contributed by atoms with E-state index in [0.717, 1.165) is 24.8 Å². The topological polar surface area (TPSA) is 46.2 Å². The summed E-state index contributed by atoms with van der Waals surface area (Å²) in [6.45, 7) is 3.88. The van der Waals surface area contributed by atoms with Crippen molar-refractivity contribution in [3.05, 3.63) is 35.9 Å². The van der Waals surface area contributed by atoms with Gasteiger partial charge in [-0.2, -0.15) is 0 Å². The van der Waals surface area contributed by atoms with Crippen LogP contribution in [0.4, 0.5) is 0 Å². The van der Waals surface area contributed by atoms with Crippen molar-refractivity contribution in [1.29, 1.82) is 0 Å². The van der Waals surface area contributed by atoms with Crippen LogP contribution in [-0.2, 0) is 9.84 Å². The first-order valence-corrected chi connectivity index (χ1v) is 8.68. The van der Waals surface area contributed by atoms with Gasteiger partial charge in [0.05, 0.1) is 11.0 Å². The molecule has 1 aromatic carbocycles. The molecule has 0 bridgehead atoms. The molecule has 3 nitrogen and oxygen atoms in total. The molecule has 0 amide bonds. The number of hydrogen-bond donors (Lipinski definition) is 1. The third kappa shape index (κ3) is 4.62. The van der Waals surface area contributed by atoms with Crippen LogP contribution in [0.3, 0.4) is 0 Å². The highest BCUT2D eigenvalue weighted by Gasteiger charge is 2.28. The predicted octanol–water partition coefficient (Wildman–Crippen LogP) is 2.94. The molecule has 0 saturated carbocycles. The van der Waals surface area contributed by atoms with Gasteiger partial charge >= 0.3 is 0 Å². The number of rotatable bonds is 8. The predicted molar refractivity (Wildman–Crippen MR) is 81.0 cm³/mol. The van der Waals surface area contributed by atoms with Gasteiger partial charge in [0.2, 0.25) is 0 Å². The molecule has 0 aliphatic heterocycles. The smallest absolute Gasteiger partial charge is 0.154 e. The third-order valence-electron chi connectivity index (χ3n) is 3.54. The summed E-state index contributed by atoms with van der Waals surface area (Å²) in [4.78, 5) is 0. The van der Waals surface area contributed by atoms with Crippen LogP contribution in [0.15, 0.2) is 30.3 Å². The van der Waals surface area contributed by atoms with E-state index in [1.165, 1.54) is 0 Å². The fourth-order valence-electron chi connectivity index (χ4n) is 2.28. The van der Waals surface area contributed by atoms with Gasteiger partial charge in [-0.05, 0) is 26.0 Å². The van der Waals surface area contributed by atoms with E-state index in [1.54, 1.807) is 6.92 Å². The Morgan fingerprint density at radius 1 is 1.16 bits per heavy atom. The summed E-state index contributed by atoms with van der Waals surface area (Å²) in [7, 11) is -1.24. The Labute approximate surface area is 117 Å². The third-order valence-corrected chi connectivity index (χ3v) is 5.80. The van der Waals surface area contributed by atoms with E-state index in [2.05, 4.69) is 12.2 Å². The van der Waals surface area contributed by atoms with Gasteiger partial charge in [0, 0.05) is 6.04 Å². The van der Waals surface area contributed by atoms with Crippen molar-refractivity contribution >= 4 is 9.84 Å². The molecule has 0 aromatic heterocycles. The SMILES string of the molecule is CCCCCS(=O)(=O)C(C)C(NC)c1ccccc1. The molecule has 0 heterocycles. The second-order valence-electron chi connectivity index (χ2n) is 4.96. The number of unbranched alkanes of at least 4 members (excludes halogenated alkanes) is 2. The molecule has 19 heavy (non-hydrogen) atoms. The van der Waals surface area contributed by atoms with Crippen LogP contribution < -0.4 is 5.32 Å². The molecule has 1 aromatic rings. The lowest BCUT2D eigenvalue weighted by Gasteiger charge is -2.24. The molecular weight excluding hydrogens is 258 g/mol. The Morgan fingerprint density at radius 2 is 1.79 bits per heavy atom. The van der Waals surface area contributed by atoms with Gasteiger partial charge in [-0.1, -0.05) is 50.1 Å². The summed E-state index contributed by atoms with van der Waals surface area (Å²) in [6.07, 6.45) is 2.77. The van der Waals surface area contributed by atoms with E-state index < -0.39 is 15.1 Å². The van der Waals surface area contributed by atoms with Gasteiger partial charge in [-0.15, -0.1) is 0 Å². The van der Waals surface area contributed by atoms with E-state index >= 15 is 0 Å². The summed E-state index contributed by atoms with van der Waals surface area (Å²) >= 11 is 0. The van der Waals surface area contributed by atoms with Crippen LogP contribution in [0, 0.1) is 0 Å². The van der Waals surface area contributed by atoms with Crippen molar-refractivity contribution in [3.8, 4) is 0 Å². The zero-order valence-electron chi connectivity index (χ0n) is 12.1. The van der Waals surface area contributed by atoms with Crippen LogP contribution in [0.2, 0.25) is 0 Å². The van der Waals surface area contributed by atoms with E-state index in [1.807, 2.05) is 37.4 Å². The van der Waals surface area contributed by atoms with Crippen LogP contribution in [-0.4, -0.2) is 26.5 Å². The molecule has 4 heteroatoms. The Morgan fingerprint density at radius 3 is 2.32 bits per heavy atom. The minimum atomic E-state index is -3.05. The fourth-order valence-corrected chi connectivity index (χ4v) is 3.97. The van der Waals surface area contributed by atoms with Gasteiger partial charge in [0.15, 0.2) is 9.84 Å². The Bertz CT molecular complexity index is 456. The molecule has 0 fully saturated rings. The maximum Gasteiger partial charge on any atom is 0.154 e. The molecule has 0 spiro atoms. The van der Waals surface area contributed by atoms with E-state index in [-0.39, 0.29) is 11.8 Å². The molecular formula is C15H25NO2S. The number of sulfone groups is 1. The summed E-state index contributed by atoms with van der Waals surface area (Å²) in [5.41, 5.74) is 1.02. The van der Waals surface area contributed by atoms with Crippen molar-refractivity contribution in [1.82, 2.24) is 5.32 Å². The highest BCUT2D eigenvalue weighted by molar-refractivity contribution is 7.92. The van der Waals surface area contributed by atoms with Gasteiger partial charge in [-0.25, -0.2) is 8.42 Å². The lowest BCUT2D eigenvalue weighted by Crippen LogP contribution is -2.34. The molecule has 2 atom stereocenters. The highest BCUT2D eigenvalue weighted by Crippen LogP contribution is 2.22. The molecule has 1 N–H and O–H groups in total. The first-order chi connectivity index (χ1) is 9.03. The summed E-state index contributed by atoms with van der Waals surface area (Å²) < 4.78 is 24.7. The van der Waals surface area contributed by atoms with Gasteiger partial charge in [0.25, 0.3) is 0 Å². The number of nitrogens with one attached hydrogen (secondary N) is 1. The monoisotopic (exact) mass is 283 g/mol. The first-order valence-electron chi connectivity index (χ1n) is 6.96. The van der Waals surface area contributed by atoms with Crippen LogP contribution in [0.1, 0.15) is 44.7 Å². The zero-order valence-corrected chi connectivity index (χ0v) is 12.9. The van der Waals surface area contributed by atoms with Gasteiger partial charge in [-0.3, -0.25) is 0 Å². The molecule has 1 rings (SSSR count). The zero-order chi connectivity index (χ0) is 14.3. The second-order valence-corrected chi connectivity index (χ2v) is 7.43. The van der Waals surface area contributed by atoms with E-state index in [9.17, 15) is 8.42 Å². The van der Waals surface area contributed by atoms with Crippen molar-refractivity contribution in [2.75, 3.05) is 12.8 Å². The molecule has 0 radical (unpaired) electrons. The summed E-state index contributed by atoms with van der Waals surface area (Å²) in [5, 5.41) is 2.73. The maximum absolute atomic E-state index is 12.3. The summed E-state index contributed by atoms with van der Waals surface area (Å²) in [6, 6.07) is 9.62. The largest absolute Gasteiger partial charge is 0.312 e. The van der Waals surface area contributed by atoms with Crippen LogP contribution in [0.5, 0.6) is 0 Å². The molecule has 108 valence electrons.